The molecule has 0 radical (unpaired) electrons. The number of fused-ring (bicyclic) bond motifs is 7. The van der Waals surface area contributed by atoms with E-state index in [2.05, 4.69) is 97.0 Å². The van der Waals surface area contributed by atoms with E-state index in [-0.39, 0.29) is 17.6 Å². The van der Waals surface area contributed by atoms with Crippen molar-refractivity contribution in [1.82, 2.24) is 101 Å². The Morgan fingerprint density at radius 1 is 0.386 bits per heavy atom. The zero-order valence-corrected chi connectivity index (χ0v) is 72.5. The van der Waals surface area contributed by atoms with Crippen molar-refractivity contribution in [3.05, 3.63) is 147 Å². The highest BCUT2D eigenvalue weighted by atomic mass is 19.4. The number of nitrogens with zero attached hydrogens (tertiary/aromatic N) is 12. The van der Waals surface area contributed by atoms with Gasteiger partial charge in [-0.15, -0.1) is 0 Å². The lowest BCUT2D eigenvalue weighted by Gasteiger charge is -2.28. The third-order valence-corrected chi connectivity index (χ3v) is 20.4. The lowest BCUT2D eigenvalue weighted by molar-refractivity contribution is -0.140. The summed E-state index contributed by atoms with van der Waals surface area (Å²) in [6, 6.07) is 27.1. The van der Waals surface area contributed by atoms with Crippen molar-refractivity contribution in [2.24, 2.45) is 0 Å². The second kappa shape index (κ2) is 38.9. The Bertz CT molecular complexity index is 6500. The second-order valence-corrected chi connectivity index (χ2v) is 30.6. The molecule has 3 aromatic carbocycles. The summed E-state index contributed by atoms with van der Waals surface area (Å²) in [7, 11) is 9.15. The SMILES string of the molecule is CCCNC(=O)C(C)(C)Nc1nc(-c2c[nH]c3ncccc23)nc2cc(OC)c(OC)cc12.CCNC(=O)[C@@](C)(CC)Nc1ccnc(-c2c[nH]c3ncccc23)n1.COc1cc2nc(-c3c[nH]c4ncccc34)nc(NC(C)(C)C(=O)NCC(F)(F)F)c2cc1OC.COc1cc2nc(-c3c[nH]c4ncccc34)nc(NC(C)(C)C(=O)NCC(F)F)c2cc1OC. The van der Waals surface area contributed by atoms with E-state index in [4.69, 9.17) is 48.4 Å². The summed E-state index contributed by atoms with van der Waals surface area (Å²) in [5, 5.41) is 27.8. The maximum absolute atomic E-state index is 12.8. The van der Waals surface area contributed by atoms with Crippen molar-refractivity contribution in [2.75, 3.05) is 90.1 Å². The van der Waals surface area contributed by atoms with Gasteiger partial charge in [0.05, 0.1) is 65.8 Å². The molecular formula is C88H97F5N24O10. The van der Waals surface area contributed by atoms with Gasteiger partial charge in [0.2, 0.25) is 23.6 Å². The number of ether oxygens (including phenoxy) is 6. The van der Waals surface area contributed by atoms with Gasteiger partial charge < -0.3 is 90.9 Å². The van der Waals surface area contributed by atoms with Crippen molar-refractivity contribution in [3.8, 4) is 80.0 Å². The van der Waals surface area contributed by atoms with Crippen LogP contribution in [0.3, 0.4) is 0 Å². The summed E-state index contributed by atoms with van der Waals surface area (Å²) in [4.78, 5) is 117. The minimum absolute atomic E-state index is 0.0473. The van der Waals surface area contributed by atoms with Gasteiger partial charge in [-0.1, -0.05) is 13.8 Å². The van der Waals surface area contributed by atoms with Crippen LogP contribution in [0.25, 0.3) is 122 Å². The van der Waals surface area contributed by atoms with Crippen molar-refractivity contribution >= 4 is 124 Å². The molecule has 0 fully saturated rings. The number of alkyl halides is 5. The molecule has 0 aliphatic carbocycles. The number of halogens is 5. The van der Waals surface area contributed by atoms with Crippen LogP contribution in [0.5, 0.6) is 34.5 Å². The van der Waals surface area contributed by atoms with Gasteiger partial charge in [0.1, 0.15) is 74.6 Å². The zero-order valence-electron chi connectivity index (χ0n) is 72.5. The second-order valence-electron chi connectivity index (χ2n) is 30.6. The first-order chi connectivity index (χ1) is 60.7. The predicted molar refractivity (Wildman–Crippen MR) is 476 cm³/mol. The molecule has 4 amide bonds. The molecule has 15 rings (SSSR count). The summed E-state index contributed by atoms with van der Waals surface area (Å²) in [6.45, 7) is 16.5. The van der Waals surface area contributed by atoms with Crippen molar-refractivity contribution in [3.63, 3.8) is 0 Å². The fourth-order valence-electron chi connectivity index (χ4n) is 13.4. The largest absolute Gasteiger partial charge is 0.493 e. The number of carbonyl (C=O) groups excluding carboxylic acids is 4. The molecule has 34 nitrogen and oxygen atoms in total. The number of pyridine rings is 4. The molecule has 12 heterocycles. The van der Waals surface area contributed by atoms with E-state index in [0.29, 0.717) is 150 Å². The Kier molecular flexibility index (Phi) is 27.9. The quantitative estimate of drug-likeness (QED) is 0.0194. The van der Waals surface area contributed by atoms with E-state index in [0.717, 1.165) is 50.4 Å². The number of amides is 4. The first kappa shape index (κ1) is 91.3. The first-order valence-corrected chi connectivity index (χ1v) is 40.2. The highest BCUT2D eigenvalue weighted by Crippen LogP contribution is 2.42. The molecule has 664 valence electrons. The van der Waals surface area contributed by atoms with Crippen molar-refractivity contribution < 1.29 is 69.6 Å². The van der Waals surface area contributed by atoms with E-state index >= 15 is 0 Å². The molecule has 0 saturated heterocycles. The number of benzene rings is 3. The lowest BCUT2D eigenvalue weighted by atomic mass is 9.97. The summed E-state index contributed by atoms with van der Waals surface area (Å²) < 4.78 is 95.8. The Hall–Kier alpha value is -15.0. The molecule has 0 unspecified atom stereocenters. The minimum atomic E-state index is -4.53. The summed E-state index contributed by atoms with van der Waals surface area (Å²) in [5.74, 6) is 4.72. The summed E-state index contributed by atoms with van der Waals surface area (Å²) in [6.07, 6.45) is 9.93. The summed E-state index contributed by atoms with van der Waals surface area (Å²) >= 11 is 0. The number of anilines is 4. The van der Waals surface area contributed by atoms with Crippen LogP contribution < -0.4 is 71.0 Å². The topological polar surface area (TPSA) is 438 Å². The molecular weight excluding hydrogens is 1650 g/mol. The first-order valence-electron chi connectivity index (χ1n) is 40.2. The van der Waals surface area contributed by atoms with Crippen molar-refractivity contribution in [1.29, 1.82) is 0 Å². The van der Waals surface area contributed by atoms with Crippen molar-refractivity contribution in [2.45, 2.75) is 117 Å². The molecule has 39 heteroatoms. The average molecular weight is 1750 g/mol. The van der Waals surface area contributed by atoms with Gasteiger partial charge in [0.15, 0.2) is 57.8 Å². The van der Waals surface area contributed by atoms with E-state index in [1.54, 1.807) is 108 Å². The molecule has 0 aliphatic rings. The van der Waals surface area contributed by atoms with E-state index in [1.165, 1.54) is 42.3 Å². The maximum Gasteiger partial charge on any atom is 0.405 e. The molecule has 127 heavy (non-hydrogen) atoms. The fraction of sp³-hybridized carbons (Fsp3) is 0.318. The predicted octanol–water partition coefficient (Wildman–Crippen LogP) is 14.5. The Morgan fingerprint density at radius 3 is 1.05 bits per heavy atom. The molecule has 0 aliphatic heterocycles. The monoisotopic (exact) mass is 1740 g/mol. The molecule has 15 aromatic rings. The molecule has 0 spiro atoms. The summed E-state index contributed by atoms with van der Waals surface area (Å²) in [5.41, 5.74) is 3.22. The fourth-order valence-corrected chi connectivity index (χ4v) is 13.4. The number of hydrogen-bond donors (Lipinski definition) is 12. The highest BCUT2D eigenvalue weighted by Gasteiger charge is 2.37. The Morgan fingerprint density at radius 2 is 0.724 bits per heavy atom. The zero-order chi connectivity index (χ0) is 91.3. The van der Waals surface area contributed by atoms with Gasteiger partial charge in [-0.25, -0.2) is 68.6 Å². The molecule has 0 saturated carbocycles. The molecule has 12 aromatic heterocycles. The van der Waals surface area contributed by atoms with Gasteiger partial charge in [-0.2, -0.15) is 13.2 Å². The molecule has 0 bridgehead atoms. The highest BCUT2D eigenvalue weighted by molar-refractivity contribution is 6.03. The van der Waals surface area contributed by atoms with Crippen LogP contribution in [0.15, 0.2) is 147 Å². The minimum Gasteiger partial charge on any atom is -0.493 e. The number of rotatable bonds is 29. The maximum atomic E-state index is 12.8. The third kappa shape index (κ3) is 20.8. The lowest BCUT2D eigenvalue weighted by Crippen LogP contribution is -2.50. The Balaban J connectivity index is 0.000000155. The molecule has 1 atom stereocenters. The van der Waals surface area contributed by atoms with Gasteiger partial charge in [0, 0.05) is 147 Å². The molecule has 12 N–H and O–H groups in total. The van der Waals surface area contributed by atoms with E-state index in [9.17, 15) is 41.1 Å². The van der Waals surface area contributed by atoms with Crippen LogP contribution in [0.2, 0.25) is 0 Å². The number of H-pyrrole nitrogens is 4. The van der Waals surface area contributed by atoms with Gasteiger partial charge in [0.25, 0.3) is 6.43 Å². The van der Waals surface area contributed by atoms with Gasteiger partial charge in [-0.3, -0.25) is 19.2 Å². The number of carbonyl (C=O) groups is 4. The van der Waals surface area contributed by atoms with Crippen LogP contribution in [-0.2, 0) is 19.2 Å². The average Bonchev–Trinajstić information content (AvgIpc) is 1.76. The van der Waals surface area contributed by atoms with Crippen LogP contribution in [0.1, 0.15) is 82.1 Å². The van der Waals surface area contributed by atoms with Crippen LogP contribution in [0.4, 0.5) is 45.2 Å². The smallest absolute Gasteiger partial charge is 0.405 e. The Labute approximate surface area is 724 Å². The number of methoxy groups -OCH3 is 6. The normalized spacial score (nSPS) is 12.1. The van der Waals surface area contributed by atoms with Crippen LogP contribution >= 0.6 is 0 Å². The van der Waals surface area contributed by atoms with Gasteiger partial charge in [-0.05, 0) is 141 Å². The number of nitrogens with one attached hydrogen (secondary N) is 12. The number of likely N-dealkylation sites (N-methyl/N-ethyl adjacent to an activating group) is 1. The van der Waals surface area contributed by atoms with Crippen LogP contribution in [-0.4, -0.2) is 207 Å². The number of hydrogen-bond acceptors (Lipinski definition) is 26. The van der Waals surface area contributed by atoms with E-state index in [1.807, 2.05) is 114 Å². The van der Waals surface area contributed by atoms with E-state index < -0.39 is 59.7 Å². The van der Waals surface area contributed by atoms with Gasteiger partial charge >= 0.3 is 6.18 Å². The number of aromatic amines is 4. The van der Waals surface area contributed by atoms with Crippen LogP contribution in [0, 0.1) is 0 Å². The third-order valence-electron chi connectivity index (χ3n) is 20.4. The number of aromatic nitrogens is 16. The standard InChI is InChI=1S/C24H28N6O3.C23H23F3N6O3.C23H24F2N6O3.C18H22N6O/c1-6-9-26-23(31)24(2,3)30-22-15-11-18(32-4)19(33-5)12-17(15)28-21(29-22)16-13-27-20-14(16)8-7-10-25-20;1-22(2,21(33)29-11-23(24,25)26)32-20-13-8-16(34-3)17(35-4)9-15(13)30-19(31-20)14-10-28-18-12(14)6-5-7-27-18;1-23(2,22(32)28-11-18(24)25)31-21-13-8-16(33-3)17(34-4)9-15(13)29-20(30-21)14-10-27-19-12(14)6-5-7-26-19;1-4-18(3,17(25)19-5-2)24-14-8-10-21-16(23-14)13-11-22-15-12(13)7-6-9-20-15/h7-8,10-13H,6,9H2,1-5H3,(H,25,27)(H,26,31)(H,28,29,30);5-10H,11H2,1-4H3,(H,27,28)(H,29,33)(H,30,31,32);5-10,18H,11H2,1-4H3,(H,26,27)(H,28,32)(H,29,30,31);6-11H,4-5H2,1-3H3,(H,19,25)(H,20,22)(H,21,23,24)/t;;;18-/m...1/s1.